The Bertz CT molecular complexity index is 149. The van der Waals surface area contributed by atoms with Gasteiger partial charge in [0.2, 0.25) is 0 Å². The first-order valence-corrected chi connectivity index (χ1v) is 3.88. The van der Waals surface area contributed by atoms with Crippen molar-refractivity contribution in [3.63, 3.8) is 0 Å². The molecule has 0 atom stereocenters. The van der Waals surface area contributed by atoms with E-state index in [-0.39, 0.29) is 0 Å². The molecular weight excluding hydrogens is 142 g/mol. The summed E-state index contributed by atoms with van der Waals surface area (Å²) in [7, 11) is 0. The first kappa shape index (κ1) is 9.96. The minimum absolute atomic E-state index is 0.381. The van der Waals surface area contributed by atoms with Crippen LogP contribution in [-0.2, 0) is 9.53 Å². The van der Waals surface area contributed by atoms with E-state index >= 15 is 0 Å². The highest BCUT2D eigenvalue weighted by atomic mass is 16.5. The van der Waals surface area contributed by atoms with Crippen molar-refractivity contribution >= 4 is 5.97 Å². The predicted molar refractivity (Wildman–Crippen MR) is 40.7 cm³/mol. The van der Waals surface area contributed by atoms with Gasteiger partial charge in [0.25, 0.3) is 0 Å². The molecule has 0 radical (unpaired) electrons. The number of carbonyl (C=O) groups excluding carboxylic acids is 1. The van der Waals surface area contributed by atoms with Crippen molar-refractivity contribution in [2.45, 2.75) is 32.6 Å². The fourth-order valence-corrected chi connectivity index (χ4v) is 0.726. The van der Waals surface area contributed by atoms with Crippen LogP contribution in [0.4, 0.5) is 0 Å². The lowest BCUT2D eigenvalue weighted by molar-refractivity contribution is -0.137. The van der Waals surface area contributed by atoms with Crippen LogP contribution in [0.15, 0.2) is 0 Å². The van der Waals surface area contributed by atoms with Crippen LogP contribution < -0.4 is 0 Å². The van der Waals surface area contributed by atoms with E-state index in [0.717, 1.165) is 25.7 Å². The molecule has 0 heterocycles. The second-order valence-electron chi connectivity index (χ2n) is 2.31. The van der Waals surface area contributed by atoms with Crippen molar-refractivity contribution in [1.29, 1.82) is 5.26 Å². The monoisotopic (exact) mass is 155 g/mol. The Hall–Kier alpha value is -1.04. The van der Waals surface area contributed by atoms with Crippen molar-refractivity contribution in [3.8, 4) is 6.07 Å². The Kier molecular flexibility index (Phi) is 6.40. The molecule has 11 heavy (non-hydrogen) atoms. The molecule has 0 fully saturated rings. The summed E-state index contributed by atoms with van der Waals surface area (Å²) >= 11 is 0. The van der Waals surface area contributed by atoms with Crippen molar-refractivity contribution in [2.24, 2.45) is 0 Å². The zero-order valence-electron chi connectivity index (χ0n) is 6.80. The molecule has 0 amide bonds. The summed E-state index contributed by atoms with van der Waals surface area (Å²) in [6, 6.07) is 1.39. The molecule has 0 saturated carbocycles. The van der Waals surface area contributed by atoms with E-state index in [0.29, 0.717) is 6.61 Å². The lowest BCUT2D eigenvalue weighted by atomic mass is 10.2. The van der Waals surface area contributed by atoms with Gasteiger partial charge in [-0.05, 0) is 6.42 Å². The summed E-state index contributed by atoms with van der Waals surface area (Å²) in [6.45, 7) is 2.49. The third kappa shape index (κ3) is 6.85. The van der Waals surface area contributed by atoms with Crippen LogP contribution in [0.1, 0.15) is 32.6 Å². The molecule has 0 rings (SSSR count). The Morgan fingerprint density at radius 1 is 1.45 bits per heavy atom. The lowest BCUT2D eigenvalue weighted by Gasteiger charge is -1.98. The van der Waals surface area contributed by atoms with E-state index < -0.39 is 5.97 Å². The molecule has 3 heteroatoms. The summed E-state index contributed by atoms with van der Waals surface area (Å²) in [5.41, 5.74) is 0. The standard InChI is InChI=1S/C8H13NO2/c1-2-3-4-5-6-11-8(10)7-9/h2-6H2,1H3. The van der Waals surface area contributed by atoms with Gasteiger partial charge < -0.3 is 4.74 Å². The van der Waals surface area contributed by atoms with Gasteiger partial charge in [-0.2, -0.15) is 5.26 Å². The molecule has 0 spiro atoms. The molecule has 0 unspecified atom stereocenters. The number of unbranched alkanes of at least 4 members (excludes halogenated alkanes) is 3. The zero-order chi connectivity index (χ0) is 8.53. The van der Waals surface area contributed by atoms with Crippen molar-refractivity contribution < 1.29 is 9.53 Å². The molecule has 0 bridgehead atoms. The number of hydrogen-bond donors (Lipinski definition) is 0. The number of hydrogen-bond acceptors (Lipinski definition) is 3. The third-order valence-corrected chi connectivity index (χ3v) is 1.32. The minimum atomic E-state index is -0.776. The van der Waals surface area contributed by atoms with E-state index in [1.54, 1.807) is 0 Å². The molecular formula is C8H13NO2. The van der Waals surface area contributed by atoms with E-state index in [4.69, 9.17) is 5.26 Å². The van der Waals surface area contributed by atoms with Crippen molar-refractivity contribution in [3.05, 3.63) is 0 Å². The smallest absolute Gasteiger partial charge is 0.411 e. The molecule has 0 aliphatic rings. The van der Waals surface area contributed by atoms with Crippen LogP contribution >= 0.6 is 0 Å². The second kappa shape index (κ2) is 7.07. The molecule has 3 nitrogen and oxygen atoms in total. The second-order valence-corrected chi connectivity index (χ2v) is 2.31. The molecule has 0 aliphatic heterocycles. The molecule has 0 aromatic rings. The number of carbonyl (C=O) groups is 1. The number of nitrogens with zero attached hydrogens (tertiary/aromatic N) is 1. The van der Waals surface area contributed by atoms with Gasteiger partial charge >= 0.3 is 5.97 Å². The average Bonchev–Trinajstić information content (AvgIpc) is 2.04. The van der Waals surface area contributed by atoms with E-state index in [1.807, 2.05) is 0 Å². The Morgan fingerprint density at radius 2 is 2.18 bits per heavy atom. The summed E-state index contributed by atoms with van der Waals surface area (Å²) in [5.74, 6) is -0.776. The fourth-order valence-electron chi connectivity index (χ4n) is 0.726. The third-order valence-electron chi connectivity index (χ3n) is 1.32. The van der Waals surface area contributed by atoms with E-state index in [2.05, 4.69) is 11.7 Å². The normalized spacial score (nSPS) is 8.73. The van der Waals surface area contributed by atoms with Crippen LogP contribution in [0.2, 0.25) is 0 Å². The maximum Gasteiger partial charge on any atom is 0.411 e. The molecule has 62 valence electrons. The largest absolute Gasteiger partial charge is 0.455 e. The number of ether oxygens (including phenoxy) is 1. The summed E-state index contributed by atoms with van der Waals surface area (Å²) in [6.07, 6.45) is 4.24. The quantitative estimate of drug-likeness (QED) is 0.344. The zero-order valence-corrected chi connectivity index (χ0v) is 6.80. The van der Waals surface area contributed by atoms with Gasteiger partial charge in [-0.15, -0.1) is 0 Å². The van der Waals surface area contributed by atoms with Crippen LogP contribution in [0.5, 0.6) is 0 Å². The Morgan fingerprint density at radius 3 is 2.73 bits per heavy atom. The van der Waals surface area contributed by atoms with Gasteiger partial charge in [-0.3, -0.25) is 0 Å². The van der Waals surface area contributed by atoms with E-state index in [1.165, 1.54) is 6.07 Å². The van der Waals surface area contributed by atoms with Gasteiger partial charge in [-0.1, -0.05) is 26.2 Å². The van der Waals surface area contributed by atoms with Gasteiger partial charge in [0.15, 0.2) is 6.07 Å². The molecule has 0 aromatic carbocycles. The maximum atomic E-state index is 10.3. The SMILES string of the molecule is CCCCCCOC(=O)C#N. The van der Waals surface area contributed by atoms with Gasteiger partial charge in [0.05, 0.1) is 6.61 Å². The summed E-state index contributed by atoms with van der Waals surface area (Å²) < 4.78 is 4.54. The highest BCUT2D eigenvalue weighted by Crippen LogP contribution is 1.98. The van der Waals surface area contributed by atoms with E-state index in [9.17, 15) is 4.79 Å². The Labute approximate surface area is 67.0 Å². The fraction of sp³-hybridized carbons (Fsp3) is 0.750. The predicted octanol–water partition coefficient (Wildman–Crippen LogP) is 1.63. The highest BCUT2D eigenvalue weighted by molar-refractivity contribution is 5.85. The van der Waals surface area contributed by atoms with Crippen LogP contribution in [0, 0.1) is 11.3 Å². The summed E-state index contributed by atoms with van der Waals surface area (Å²) in [4.78, 5) is 10.3. The van der Waals surface area contributed by atoms with Crippen molar-refractivity contribution in [2.75, 3.05) is 6.61 Å². The van der Waals surface area contributed by atoms with Gasteiger partial charge in [-0.25, -0.2) is 4.79 Å². The van der Waals surface area contributed by atoms with Crippen LogP contribution in [-0.4, -0.2) is 12.6 Å². The first-order valence-electron chi connectivity index (χ1n) is 3.88. The minimum Gasteiger partial charge on any atom is -0.455 e. The highest BCUT2D eigenvalue weighted by Gasteiger charge is 1.96. The lowest BCUT2D eigenvalue weighted by Crippen LogP contribution is -2.01. The topological polar surface area (TPSA) is 50.1 Å². The average molecular weight is 155 g/mol. The van der Waals surface area contributed by atoms with Gasteiger partial charge in [0, 0.05) is 0 Å². The first-order chi connectivity index (χ1) is 5.31. The maximum absolute atomic E-state index is 10.3. The van der Waals surface area contributed by atoms with Gasteiger partial charge in [0.1, 0.15) is 0 Å². The molecule has 0 N–H and O–H groups in total. The van der Waals surface area contributed by atoms with Crippen molar-refractivity contribution in [1.82, 2.24) is 0 Å². The van der Waals surface area contributed by atoms with Crippen LogP contribution in [0.3, 0.4) is 0 Å². The number of rotatable bonds is 5. The van der Waals surface area contributed by atoms with Crippen LogP contribution in [0.25, 0.3) is 0 Å². The number of esters is 1. The number of nitriles is 1. The summed E-state index contributed by atoms with van der Waals surface area (Å²) in [5, 5.41) is 8.01. The Balaban J connectivity index is 3.03. The molecule has 0 saturated heterocycles. The molecule has 0 aromatic heterocycles. The molecule has 0 aliphatic carbocycles.